The number of halogens is 1. The van der Waals surface area contributed by atoms with Crippen LogP contribution in [0.15, 0.2) is 42.7 Å². The number of benzene rings is 1. The van der Waals surface area contributed by atoms with Crippen molar-refractivity contribution in [3.63, 3.8) is 0 Å². The highest BCUT2D eigenvalue weighted by Gasteiger charge is 2.39. The molecule has 1 aromatic heterocycles. The van der Waals surface area contributed by atoms with Gasteiger partial charge in [0.1, 0.15) is 6.04 Å². The van der Waals surface area contributed by atoms with Gasteiger partial charge in [0.05, 0.1) is 23.7 Å². The SMILES string of the molecule is O=C(C1CCCN1C(=O)Cc1ccccc1)N1CCC(n2cc(Cl)cn2)C1. The average Bonchev–Trinajstić information content (AvgIpc) is 3.42. The lowest BCUT2D eigenvalue weighted by molar-refractivity contribution is -0.142. The molecule has 2 atom stereocenters. The van der Waals surface area contributed by atoms with E-state index in [1.807, 2.05) is 39.9 Å². The molecule has 0 saturated carbocycles. The Morgan fingerprint density at radius 2 is 1.96 bits per heavy atom. The third-order valence-electron chi connectivity index (χ3n) is 5.48. The van der Waals surface area contributed by atoms with Gasteiger partial charge in [-0.25, -0.2) is 0 Å². The number of nitrogens with zero attached hydrogens (tertiary/aromatic N) is 4. The molecule has 2 fully saturated rings. The zero-order valence-corrected chi connectivity index (χ0v) is 15.9. The van der Waals surface area contributed by atoms with Gasteiger partial charge in [0.25, 0.3) is 0 Å². The zero-order chi connectivity index (χ0) is 18.8. The molecule has 0 aliphatic carbocycles. The van der Waals surface area contributed by atoms with Gasteiger partial charge in [0, 0.05) is 25.8 Å². The molecule has 4 rings (SSSR count). The van der Waals surface area contributed by atoms with Crippen LogP contribution in [0.25, 0.3) is 0 Å². The molecule has 7 heteroatoms. The predicted molar refractivity (Wildman–Crippen MR) is 102 cm³/mol. The summed E-state index contributed by atoms with van der Waals surface area (Å²) in [7, 11) is 0. The van der Waals surface area contributed by atoms with Gasteiger partial charge in [0.2, 0.25) is 11.8 Å². The first-order valence-electron chi connectivity index (χ1n) is 9.43. The molecule has 3 heterocycles. The molecule has 2 aliphatic heterocycles. The van der Waals surface area contributed by atoms with Crippen molar-refractivity contribution in [2.24, 2.45) is 0 Å². The normalized spacial score (nSPS) is 22.4. The highest BCUT2D eigenvalue weighted by Crippen LogP contribution is 2.27. The van der Waals surface area contributed by atoms with Crippen LogP contribution in [0.2, 0.25) is 5.02 Å². The summed E-state index contributed by atoms with van der Waals surface area (Å²) in [5.74, 6) is 0.0984. The first kappa shape index (κ1) is 18.0. The minimum Gasteiger partial charge on any atom is -0.339 e. The quantitative estimate of drug-likeness (QED) is 0.811. The number of likely N-dealkylation sites (tertiary alicyclic amines) is 2. The topological polar surface area (TPSA) is 58.4 Å². The lowest BCUT2D eigenvalue weighted by Gasteiger charge is -2.28. The molecular weight excluding hydrogens is 364 g/mol. The summed E-state index contributed by atoms with van der Waals surface area (Å²) < 4.78 is 1.84. The highest BCUT2D eigenvalue weighted by molar-refractivity contribution is 6.30. The van der Waals surface area contributed by atoms with Gasteiger partial charge in [-0.05, 0) is 24.8 Å². The second-order valence-electron chi connectivity index (χ2n) is 7.27. The number of hydrogen-bond acceptors (Lipinski definition) is 3. The van der Waals surface area contributed by atoms with Gasteiger partial charge in [-0.3, -0.25) is 14.3 Å². The summed E-state index contributed by atoms with van der Waals surface area (Å²) in [5.41, 5.74) is 0.984. The van der Waals surface area contributed by atoms with E-state index in [2.05, 4.69) is 5.10 Å². The van der Waals surface area contributed by atoms with Crippen molar-refractivity contribution in [2.75, 3.05) is 19.6 Å². The monoisotopic (exact) mass is 386 g/mol. The van der Waals surface area contributed by atoms with Gasteiger partial charge in [-0.1, -0.05) is 41.9 Å². The molecule has 2 unspecified atom stereocenters. The minimum atomic E-state index is -0.332. The maximum absolute atomic E-state index is 13.1. The van der Waals surface area contributed by atoms with Crippen LogP contribution in [-0.4, -0.2) is 57.1 Å². The molecule has 2 aromatic rings. The second-order valence-corrected chi connectivity index (χ2v) is 7.71. The largest absolute Gasteiger partial charge is 0.339 e. The Bertz CT molecular complexity index is 822. The van der Waals surface area contributed by atoms with E-state index >= 15 is 0 Å². The average molecular weight is 387 g/mol. The highest BCUT2D eigenvalue weighted by atomic mass is 35.5. The van der Waals surface area contributed by atoms with Crippen molar-refractivity contribution >= 4 is 23.4 Å². The van der Waals surface area contributed by atoms with E-state index < -0.39 is 0 Å². The van der Waals surface area contributed by atoms with E-state index in [1.54, 1.807) is 17.3 Å². The molecule has 0 spiro atoms. The van der Waals surface area contributed by atoms with Gasteiger partial charge in [-0.2, -0.15) is 5.10 Å². The maximum Gasteiger partial charge on any atom is 0.245 e. The van der Waals surface area contributed by atoms with Crippen molar-refractivity contribution in [3.8, 4) is 0 Å². The molecule has 0 N–H and O–H groups in total. The van der Waals surface area contributed by atoms with E-state index in [1.165, 1.54) is 0 Å². The standard InChI is InChI=1S/C20H23ClN4O2/c21-16-12-22-25(13-16)17-8-10-23(14-17)20(27)18-7-4-9-24(18)19(26)11-15-5-2-1-3-6-15/h1-3,5-6,12-13,17-18H,4,7-11,14H2. The van der Waals surface area contributed by atoms with Gasteiger partial charge < -0.3 is 9.80 Å². The summed E-state index contributed by atoms with van der Waals surface area (Å²) >= 11 is 5.95. The third kappa shape index (κ3) is 3.86. The summed E-state index contributed by atoms with van der Waals surface area (Å²) in [6, 6.07) is 9.52. The van der Waals surface area contributed by atoms with Crippen molar-refractivity contribution in [3.05, 3.63) is 53.3 Å². The maximum atomic E-state index is 13.1. The molecule has 1 aromatic carbocycles. The zero-order valence-electron chi connectivity index (χ0n) is 15.1. The number of rotatable bonds is 4. The van der Waals surface area contributed by atoms with Crippen LogP contribution in [0.4, 0.5) is 0 Å². The van der Waals surface area contributed by atoms with E-state index in [-0.39, 0.29) is 23.9 Å². The van der Waals surface area contributed by atoms with Crippen LogP contribution in [0.5, 0.6) is 0 Å². The van der Waals surface area contributed by atoms with E-state index in [9.17, 15) is 9.59 Å². The minimum absolute atomic E-state index is 0.0339. The van der Waals surface area contributed by atoms with Gasteiger partial charge in [0.15, 0.2) is 0 Å². The molecule has 2 aliphatic rings. The third-order valence-corrected chi connectivity index (χ3v) is 5.67. The van der Waals surface area contributed by atoms with Gasteiger partial charge >= 0.3 is 0 Å². The Balaban J connectivity index is 1.40. The number of hydrogen-bond donors (Lipinski definition) is 0. The van der Waals surface area contributed by atoms with Crippen LogP contribution < -0.4 is 0 Å². The molecule has 2 amide bonds. The Kier molecular flexibility index (Phi) is 5.16. The first-order valence-corrected chi connectivity index (χ1v) is 9.81. The molecule has 0 bridgehead atoms. The Labute approximate surface area is 163 Å². The Morgan fingerprint density at radius 3 is 2.70 bits per heavy atom. The summed E-state index contributed by atoms with van der Waals surface area (Å²) in [6.07, 6.45) is 6.24. The number of carbonyl (C=O) groups is 2. The summed E-state index contributed by atoms with van der Waals surface area (Å²) in [6.45, 7) is 1.97. The smallest absolute Gasteiger partial charge is 0.245 e. The molecule has 27 heavy (non-hydrogen) atoms. The van der Waals surface area contributed by atoms with Crippen molar-refractivity contribution < 1.29 is 9.59 Å². The Morgan fingerprint density at radius 1 is 1.15 bits per heavy atom. The van der Waals surface area contributed by atoms with E-state index in [0.717, 1.165) is 24.8 Å². The fourth-order valence-electron chi connectivity index (χ4n) is 4.08. The lowest BCUT2D eigenvalue weighted by atomic mass is 10.1. The van der Waals surface area contributed by atoms with Crippen LogP contribution in [0.1, 0.15) is 30.9 Å². The van der Waals surface area contributed by atoms with Gasteiger partial charge in [-0.15, -0.1) is 0 Å². The molecule has 142 valence electrons. The lowest BCUT2D eigenvalue weighted by Crippen LogP contribution is -2.47. The van der Waals surface area contributed by atoms with Crippen LogP contribution in [-0.2, 0) is 16.0 Å². The number of aromatic nitrogens is 2. The molecular formula is C20H23ClN4O2. The van der Waals surface area contributed by atoms with Crippen molar-refractivity contribution in [2.45, 2.75) is 37.8 Å². The first-order chi connectivity index (χ1) is 13.1. The van der Waals surface area contributed by atoms with Crippen LogP contribution in [0, 0.1) is 0 Å². The molecule has 2 saturated heterocycles. The second kappa shape index (κ2) is 7.72. The molecule has 0 radical (unpaired) electrons. The Hall–Kier alpha value is -2.34. The summed E-state index contributed by atoms with van der Waals surface area (Å²) in [5, 5.41) is 4.87. The fourth-order valence-corrected chi connectivity index (χ4v) is 4.22. The number of carbonyl (C=O) groups excluding carboxylic acids is 2. The van der Waals surface area contributed by atoms with Crippen molar-refractivity contribution in [1.29, 1.82) is 0 Å². The van der Waals surface area contributed by atoms with Crippen molar-refractivity contribution in [1.82, 2.24) is 19.6 Å². The van der Waals surface area contributed by atoms with E-state index in [0.29, 0.717) is 31.1 Å². The molecule has 6 nitrogen and oxygen atoms in total. The van der Waals surface area contributed by atoms with Crippen LogP contribution in [0.3, 0.4) is 0 Å². The van der Waals surface area contributed by atoms with Crippen LogP contribution >= 0.6 is 11.6 Å². The fraction of sp³-hybridized carbons (Fsp3) is 0.450. The predicted octanol–water partition coefficient (Wildman–Crippen LogP) is 2.54. The number of amides is 2. The van der Waals surface area contributed by atoms with E-state index in [4.69, 9.17) is 11.6 Å². The summed E-state index contributed by atoms with van der Waals surface area (Å²) in [4.78, 5) is 29.5.